The van der Waals surface area contributed by atoms with Gasteiger partial charge in [-0.2, -0.15) is 0 Å². The number of guanidine groups is 1. The molecule has 29 heavy (non-hydrogen) atoms. The van der Waals surface area contributed by atoms with E-state index in [1.165, 1.54) is 5.56 Å². The summed E-state index contributed by atoms with van der Waals surface area (Å²) in [5, 5.41) is 6.69. The second-order valence-electron chi connectivity index (χ2n) is 6.58. The van der Waals surface area contributed by atoms with Gasteiger partial charge in [0, 0.05) is 13.1 Å². The van der Waals surface area contributed by atoms with E-state index in [-0.39, 0.29) is 30.0 Å². The fourth-order valence-electron chi connectivity index (χ4n) is 2.87. The van der Waals surface area contributed by atoms with Gasteiger partial charge >= 0.3 is 0 Å². The Bertz CT molecular complexity index is 736. The van der Waals surface area contributed by atoms with Crippen LogP contribution in [0.4, 0.5) is 0 Å². The molecule has 0 aliphatic carbocycles. The molecule has 1 aromatic carbocycles. The van der Waals surface area contributed by atoms with E-state index in [1.54, 1.807) is 20.5 Å². The van der Waals surface area contributed by atoms with Crippen molar-refractivity contribution in [3.8, 4) is 11.5 Å². The minimum absolute atomic E-state index is 0. The van der Waals surface area contributed by atoms with Crippen LogP contribution in [0.5, 0.6) is 11.5 Å². The van der Waals surface area contributed by atoms with Crippen molar-refractivity contribution in [1.82, 2.24) is 15.5 Å². The minimum atomic E-state index is 0. The molecule has 8 heteroatoms. The van der Waals surface area contributed by atoms with Gasteiger partial charge in [-0.25, -0.2) is 0 Å². The zero-order valence-corrected chi connectivity index (χ0v) is 20.2. The molecule has 0 saturated heterocycles. The summed E-state index contributed by atoms with van der Waals surface area (Å²) in [6, 6.07) is 9.96. The lowest BCUT2D eigenvalue weighted by molar-refractivity contribution is 0.265. The van der Waals surface area contributed by atoms with E-state index in [2.05, 4.69) is 22.5 Å². The summed E-state index contributed by atoms with van der Waals surface area (Å²) in [6.45, 7) is 4.22. The van der Waals surface area contributed by atoms with Gasteiger partial charge in [0.15, 0.2) is 17.5 Å². The van der Waals surface area contributed by atoms with Crippen LogP contribution < -0.4 is 20.1 Å². The van der Waals surface area contributed by atoms with Gasteiger partial charge in [0.2, 0.25) is 0 Å². The number of hydrogen-bond donors (Lipinski definition) is 2. The molecular weight excluding hydrogens is 483 g/mol. The molecule has 2 aromatic rings. The topological polar surface area (TPSA) is 71.3 Å². The molecule has 0 amide bonds. The number of furan rings is 1. The summed E-state index contributed by atoms with van der Waals surface area (Å²) >= 11 is 0. The Morgan fingerprint density at radius 3 is 2.48 bits per heavy atom. The number of halogens is 1. The number of rotatable bonds is 10. The van der Waals surface area contributed by atoms with Crippen LogP contribution >= 0.6 is 24.0 Å². The number of hydrogen-bond acceptors (Lipinski definition) is 5. The molecule has 0 aliphatic rings. The number of aliphatic imine (C=N–C) groups is 1. The van der Waals surface area contributed by atoms with Crippen molar-refractivity contribution in [2.75, 3.05) is 47.9 Å². The second kappa shape index (κ2) is 13.3. The van der Waals surface area contributed by atoms with Crippen molar-refractivity contribution in [2.45, 2.75) is 19.4 Å². The van der Waals surface area contributed by atoms with Crippen LogP contribution in [0.3, 0.4) is 0 Å². The number of ether oxygens (including phenoxy) is 2. The minimum Gasteiger partial charge on any atom is -0.493 e. The van der Waals surface area contributed by atoms with E-state index in [0.717, 1.165) is 42.7 Å². The first-order valence-corrected chi connectivity index (χ1v) is 9.52. The van der Waals surface area contributed by atoms with Gasteiger partial charge in [0.1, 0.15) is 5.76 Å². The normalized spacial score (nSPS) is 12.3. The van der Waals surface area contributed by atoms with Gasteiger partial charge in [-0.1, -0.05) is 6.07 Å². The molecular formula is C21H33IN4O3. The van der Waals surface area contributed by atoms with E-state index in [0.29, 0.717) is 6.54 Å². The van der Waals surface area contributed by atoms with Crippen molar-refractivity contribution < 1.29 is 13.9 Å². The highest BCUT2D eigenvalue weighted by atomic mass is 127. The lowest BCUT2D eigenvalue weighted by Crippen LogP contribution is -2.39. The summed E-state index contributed by atoms with van der Waals surface area (Å²) in [7, 11) is 7.35. The average Bonchev–Trinajstić information content (AvgIpc) is 3.22. The van der Waals surface area contributed by atoms with Crippen molar-refractivity contribution in [3.63, 3.8) is 0 Å². The first-order valence-electron chi connectivity index (χ1n) is 9.52. The van der Waals surface area contributed by atoms with Gasteiger partial charge < -0.3 is 24.5 Å². The Morgan fingerprint density at radius 2 is 1.90 bits per heavy atom. The average molecular weight is 516 g/mol. The maximum atomic E-state index is 5.56. The quantitative estimate of drug-likeness (QED) is 0.287. The zero-order valence-electron chi connectivity index (χ0n) is 17.9. The van der Waals surface area contributed by atoms with Gasteiger partial charge in [-0.15, -0.1) is 24.0 Å². The van der Waals surface area contributed by atoms with Crippen molar-refractivity contribution in [2.24, 2.45) is 4.99 Å². The molecule has 7 nitrogen and oxygen atoms in total. The fraction of sp³-hybridized carbons (Fsp3) is 0.476. The summed E-state index contributed by atoms with van der Waals surface area (Å²) in [5.41, 5.74) is 1.17. The fourth-order valence-corrected chi connectivity index (χ4v) is 2.87. The SMILES string of the molecule is CCNC(=NCC(c1ccco1)N(C)C)NCCc1ccc(OC)c(OC)c1.I. The summed E-state index contributed by atoms with van der Waals surface area (Å²) in [5.74, 6) is 3.19. The summed E-state index contributed by atoms with van der Waals surface area (Å²) in [4.78, 5) is 6.84. The van der Waals surface area contributed by atoms with Crippen molar-refractivity contribution in [3.05, 3.63) is 47.9 Å². The predicted octanol–water partition coefficient (Wildman–Crippen LogP) is 3.32. The van der Waals surface area contributed by atoms with Crippen LogP contribution in [0.1, 0.15) is 24.3 Å². The maximum absolute atomic E-state index is 5.56. The summed E-state index contributed by atoms with van der Waals surface area (Å²) < 4.78 is 16.2. The third-order valence-corrected chi connectivity index (χ3v) is 4.42. The van der Waals surface area contributed by atoms with Crippen molar-refractivity contribution >= 4 is 29.9 Å². The van der Waals surface area contributed by atoms with E-state index in [1.807, 2.05) is 44.4 Å². The molecule has 0 spiro atoms. The zero-order chi connectivity index (χ0) is 20.4. The maximum Gasteiger partial charge on any atom is 0.191 e. The van der Waals surface area contributed by atoms with Crippen LogP contribution in [0.25, 0.3) is 0 Å². The van der Waals surface area contributed by atoms with E-state index >= 15 is 0 Å². The molecule has 2 rings (SSSR count). The molecule has 0 aliphatic heterocycles. The van der Waals surface area contributed by atoms with Gasteiger partial charge in [-0.05, 0) is 57.3 Å². The Kier molecular flexibility index (Phi) is 11.5. The molecule has 0 fully saturated rings. The summed E-state index contributed by atoms with van der Waals surface area (Å²) in [6.07, 6.45) is 2.54. The smallest absolute Gasteiger partial charge is 0.191 e. The number of benzene rings is 1. The highest BCUT2D eigenvalue weighted by Gasteiger charge is 2.16. The second-order valence-corrected chi connectivity index (χ2v) is 6.58. The monoisotopic (exact) mass is 516 g/mol. The third-order valence-electron chi connectivity index (χ3n) is 4.42. The molecule has 2 N–H and O–H groups in total. The van der Waals surface area contributed by atoms with Gasteiger partial charge in [0.05, 0.1) is 33.1 Å². The first kappa shape index (κ1) is 25.1. The molecule has 1 heterocycles. The Morgan fingerprint density at radius 1 is 1.14 bits per heavy atom. The predicted molar refractivity (Wildman–Crippen MR) is 128 cm³/mol. The van der Waals surface area contributed by atoms with E-state index < -0.39 is 0 Å². The first-order chi connectivity index (χ1) is 13.6. The van der Waals surface area contributed by atoms with Gasteiger partial charge in [-0.3, -0.25) is 9.89 Å². The molecule has 1 aromatic heterocycles. The van der Waals surface area contributed by atoms with Crippen LogP contribution in [-0.4, -0.2) is 58.8 Å². The van der Waals surface area contributed by atoms with Gasteiger partial charge in [0.25, 0.3) is 0 Å². The lowest BCUT2D eigenvalue weighted by Gasteiger charge is -2.21. The lowest BCUT2D eigenvalue weighted by atomic mass is 10.1. The molecule has 1 unspecified atom stereocenters. The Hall–Kier alpha value is -1.94. The van der Waals surface area contributed by atoms with Crippen LogP contribution in [0.15, 0.2) is 46.0 Å². The number of nitrogens with one attached hydrogen (secondary N) is 2. The van der Waals surface area contributed by atoms with E-state index in [4.69, 9.17) is 18.9 Å². The molecule has 0 bridgehead atoms. The Balaban J connectivity index is 0.00000420. The standard InChI is InChI=1S/C21H32N4O3.HI/c1-6-22-21(24-15-17(25(2)3)18-8-7-13-28-18)23-12-11-16-9-10-19(26-4)20(14-16)27-5;/h7-10,13-14,17H,6,11-12,15H2,1-5H3,(H2,22,23,24);1H. The molecule has 0 radical (unpaired) electrons. The van der Waals surface area contributed by atoms with Crippen LogP contribution in [-0.2, 0) is 6.42 Å². The molecule has 0 saturated carbocycles. The third kappa shape index (κ3) is 7.77. The highest BCUT2D eigenvalue weighted by molar-refractivity contribution is 14.0. The van der Waals surface area contributed by atoms with E-state index in [9.17, 15) is 0 Å². The highest BCUT2D eigenvalue weighted by Crippen LogP contribution is 2.27. The number of methoxy groups -OCH3 is 2. The van der Waals surface area contributed by atoms with Crippen LogP contribution in [0, 0.1) is 0 Å². The Labute approximate surface area is 190 Å². The molecule has 1 atom stereocenters. The number of likely N-dealkylation sites (N-methyl/N-ethyl adjacent to an activating group) is 1. The van der Waals surface area contributed by atoms with Crippen LogP contribution in [0.2, 0.25) is 0 Å². The van der Waals surface area contributed by atoms with Crippen molar-refractivity contribution in [1.29, 1.82) is 0 Å². The number of nitrogens with zero attached hydrogens (tertiary/aromatic N) is 2. The molecule has 162 valence electrons. The largest absolute Gasteiger partial charge is 0.493 e.